The number of rotatable bonds is 11. The lowest BCUT2D eigenvalue weighted by atomic mass is 10.1. The molecule has 214 valence electrons. The van der Waals surface area contributed by atoms with Crippen molar-refractivity contribution in [1.82, 2.24) is 10.2 Å². The van der Waals surface area contributed by atoms with Crippen molar-refractivity contribution in [2.75, 3.05) is 10.8 Å². The summed E-state index contributed by atoms with van der Waals surface area (Å²) >= 11 is 0. The number of hydrogen-bond acceptors (Lipinski definition) is 4. The SMILES string of the molecule is CC[C@H](C)NC(=O)[C@H](C)N(Cc1ccc(F)cc1)C(=O)CN(c1cc(C)cc(C)c1)S(=O)(=O)c1ccc(C)cc1. The molecule has 0 aromatic heterocycles. The van der Waals surface area contributed by atoms with Crippen molar-refractivity contribution in [3.05, 3.63) is 94.8 Å². The summed E-state index contributed by atoms with van der Waals surface area (Å²) in [5.74, 6) is -1.34. The number of halogens is 1. The zero-order chi connectivity index (χ0) is 29.6. The van der Waals surface area contributed by atoms with Crippen LogP contribution in [0.5, 0.6) is 0 Å². The maximum absolute atomic E-state index is 14.0. The average Bonchev–Trinajstić information content (AvgIpc) is 2.90. The highest BCUT2D eigenvalue weighted by Gasteiger charge is 2.33. The molecule has 0 unspecified atom stereocenters. The van der Waals surface area contributed by atoms with Gasteiger partial charge in [-0.15, -0.1) is 0 Å². The average molecular weight is 568 g/mol. The molecular weight excluding hydrogens is 529 g/mol. The molecule has 2 amide bonds. The first-order valence-corrected chi connectivity index (χ1v) is 14.8. The van der Waals surface area contributed by atoms with Crippen LogP contribution in [-0.2, 0) is 26.2 Å². The number of nitrogens with one attached hydrogen (secondary N) is 1. The van der Waals surface area contributed by atoms with E-state index in [1.807, 2.05) is 40.7 Å². The van der Waals surface area contributed by atoms with E-state index in [4.69, 9.17) is 0 Å². The Morgan fingerprint density at radius 2 is 1.45 bits per heavy atom. The van der Waals surface area contributed by atoms with E-state index in [9.17, 15) is 22.4 Å². The lowest BCUT2D eigenvalue weighted by Crippen LogP contribution is -2.52. The monoisotopic (exact) mass is 567 g/mol. The van der Waals surface area contributed by atoms with Gasteiger partial charge in [-0.1, -0.05) is 42.8 Å². The van der Waals surface area contributed by atoms with Crippen molar-refractivity contribution in [3.8, 4) is 0 Å². The summed E-state index contributed by atoms with van der Waals surface area (Å²) in [5, 5.41) is 2.90. The second-order valence-electron chi connectivity index (χ2n) is 10.3. The van der Waals surface area contributed by atoms with E-state index in [0.717, 1.165) is 21.0 Å². The minimum atomic E-state index is -4.14. The Morgan fingerprint density at radius 1 is 0.875 bits per heavy atom. The highest BCUT2D eigenvalue weighted by Crippen LogP contribution is 2.27. The summed E-state index contributed by atoms with van der Waals surface area (Å²) in [7, 11) is -4.14. The number of sulfonamides is 1. The van der Waals surface area contributed by atoms with Crippen LogP contribution >= 0.6 is 0 Å². The molecule has 9 heteroatoms. The van der Waals surface area contributed by atoms with E-state index >= 15 is 0 Å². The van der Waals surface area contributed by atoms with Crippen LogP contribution in [0.1, 0.15) is 49.4 Å². The predicted octanol–water partition coefficient (Wildman–Crippen LogP) is 5.28. The molecule has 0 radical (unpaired) electrons. The van der Waals surface area contributed by atoms with Gasteiger partial charge >= 0.3 is 0 Å². The normalized spacial score (nSPS) is 12.9. The number of nitrogens with zero attached hydrogens (tertiary/aromatic N) is 2. The fraction of sp³-hybridized carbons (Fsp3) is 0.355. The van der Waals surface area contributed by atoms with Gasteiger partial charge in [0.2, 0.25) is 11.8 Å². The third-order valence-corrected chi connectivity index (χ3v) is 8.60. The van der Waals surface area contributed by atoms with Crippen LogP contribution in [-0.4, -0.2) is 43.8 Å². The quantitative estimate of drug-likeness (QED) is 0.342. The zero-order valence-electron chi connectivity index (χ0n) is 23.9. The number of carbonyl (C=O) groups is 2. The van der Waals surface area contributed by atoms with E-state index in [-0.39, 0.29) is 23.4 Å². The van der Waals surface area contributed by atoms with Crippen LogP contribution in [0.2, 0.25) is 0 Å². The minimum absolute atomic E-state index is 0.000525. The first-order chi connectivity index (χ1) is 18.8. The van der Waals surface area contributed by atoms with Crippen molar-refractivity contribution in [2.24, 2.45) is 0 Å². The second kappa shape index (κ2) is 13.1. The Labute approximate surface area is 237 Å². The van der Waals surface area contributed by atoms with Gasteiger partial charge in [0.05, 0.1) is 10.6 Å². The summed E-state index contributed by atoms with van der Waals surface area (Å²) in [5.41, 5.74) is 3.55. The Bertz CT molecular complexity index is 1420. The van der Waals surface area contributed by atoms with Crippen LogP contribution < -0.4 is 9.62 Å². The maximum atomic E-state index is 14.0. The molecule has 0 bridgehead atoms. The summed E-state index contributed by atoms with van der Waals surface area (Å²) in [4.78, 5) is 28.5. The van der Waals surface area contributed by atoms with Gasteiger partial charge < -0.3 is 10.2 Å². The molecule has 3 aromatic carbocycles. The standard InChI is InChI=1S/C31H38FN3O4S/c1-7-24(5)33-31(37)25(6)34(19-26-10-12-27(32)13-11-26)30(36)20-35(28-17-22(3)16-23(4)18-28)40(38,39)29-14-8-21(2)9-15-29/h8-18,24-25H,7,19-20H2,1-6H3,(H,33,37)/t24-,25-/m0/s1. The highest BCUT2D eigenvalue weighted by molar-refractivity contribution is 7.92. The fourth-order valence-electron chi connectivity index (χ4n) is 4.30. The van der Waals surface area contributed by atoms with Crippen molar-refractivity contribution in [1.29, 1.82) is 0 Å². The molecule has 40 heavy (non-hydrogen) atoms. The molecule has 0 heterocycles. The number of anilines is 1. The molecule has 7 nitrogen and oxygen atoms in total. The van der Waals surface area contributed by atoms with Crippen molar-refractivity contribution in [3.63, 3.8) is 0 Å². The topological polar surface area (TPSA) is 86.8 Å². The van der Waals surface area contributed by atoms with Gasteiger partial charge in [0, 0.05) is 12.6 Å². The van der Waals surface area contributed by atoms with Gasteiger partial charge in [0.1, 0.15) is 18.4 Å². The Hall–Kier alpha value is -3.72. The van der Waals surface area contributed by atoms with Gasteiger partial charge in [-0.25, -0.2) is 12.8 Å². The number of carbonyl (C=O) groups excluding carboxylic acids is 2. The smallest absolute Gasteiger partial charge is 0.264 e. The first kappa shape index (κ1) is 30.8. The van der Waals surface area contributed by atoms with Crippen molar-refractivity contribution >= 4 is 27.5 Å². The van der Waals surface area contributed by atoms with Crippen molar-refractivity contribution in [2.45, 2.75) is 71.5 Å². The van der Waals surface area contributed by atoms with Crippen LogP contribution in [0.25, 0.3) is 0 Å². The summed E-state index contributed by atoms with van der Waals surface area (Å²) in [6.45, 7) is 10.5. The molecule has 0 fully saturated rings. The molecule has 0 aliphatic rings. The largest absolute Gasteiger partial charge is 0.352 e. The van der Waals surface area contributed by atoms with E-state index < -0.39 is 34.3 Å². The van der Waals surface area contributed by atoms with Gasteiger partial charge in [0.15, 0.2) is 0 Å². The lowest BCUT2D eigenvalue weighted by molar-refractivity contribution is -0.139. The summed E-state index contributed by atoms with van der Waals surface area (Å²) in [6.07, 6.45) is 0.708. The number of aryl methyl sites for hydroxylation is 3. The molecular formula is C31H38FN3O4S. The Balaban J connectivity index is 2.05. The lowest BCUT2D eigenvalue weighted by Gasteiger charge is -2.32. The van der Waals surface area contributed by atoms with Gasteiger partial charge in [-0.05, 0) is 94.1 Å². The molecule has 1 N–H and O–H groups in total. The van der Waals surface area contributed by atoms with Gasteiger partial charge in [0.25, 0.3) is 10.0 Å². The molecule has 2 atom stereocenters. The summed E-state index contributed by atoms with van der Waals surface area (Å²) < 4.78 is 42.6. The predicted molar refractivity (Wildman–Crippen MR) is 156 cm³/mol. The van der Waals surface area contributed by atoms with Crippen LogP contribution in [0, 0.1) is 26.6 Å². The van der Waals surface area contributed by atoms with E-state index in [1.54, 1.807) is 43.3 Å². The third kappa shape index (κ3) is 7.69. The van der Waals surface area contributed by atoms with Crippen LogP contribution in [0.4, 0.5) is 10.1 Å². The van der Waals surface area contributed by atoms with E-state index in [2.05, 4.69) is 5.32 Å². The van der Waals surface area contributed by atoms with Crippen molar-refractivity contribution < 1.29 is 22.4 Å². The Morgan fingerprint density at radius 3 is 2.00 bits per heavy atom. The second-order valence-corrected chi connectivity index (χ2v) is 12.2. The first-order valence-electron chi connectivity index (χ1n) is 13.3. The van der Waals surface area contributed by atoms with E-state index in [1.165, 1.54) is 29.2 Å². The molecule has 0 aliphatic carbocycles. The minimum Gasteiger partial charge on any atom is -0.352 e. The zero-order valence-corrected chi connectivity index (χ0v) is 24.8. The molecule has 0 spiro atoms. The van der Waals surface area contributed by atoms with Gasteiger partial charge in [-0.2, -0.15) is 0 Å². The van der Waals surface area contributed by atoms with Crippen LogP contribution in [0.3, 0.4) is 0 Å². The number of hydrogen-bond donors (Lipinski definition) is 1. The fourth-order valence-corrected chi connectivity index (χ4v) is 5.69. The molecule has 0 aliphatic heterocycles. The highest BCUT2D eigenvalue weighted by atomic mass is 32.2. The van der Waals surface area contributed by atoms with Gasteiger partial charge in [-0.3, -0.25) is 13.9 Å². The number of amides is 2. The molecule has 0 saturated carbocycles. The molecule has 3 aromatic rings. The van der Waals surface area contributed by atoms with Crippen LogP contribution in [0.15, 0.2) is 71.6 Å². The van der Waals surface area contributed by atoms with E-state index in [0.29, 0.717) is 17.7 Å². The maximum Gasteiger partial charge on any atom is 0.264 e. The molecule has 3 rings (SSSR count). The molecule has 0 saturated heterocycles. The number of benzene rings is 3. The summed E-state index contributed by atoms with van der Waals surface area (Å²) in [6, 6.07) is 16.4. The Kier molecular flexibility index (Phi) is 10.1. The third-order valence-electron chi connectivity index (χ3n) is 6.82.